The predicted molar refractivity (Wildman–Crippen MR) is 88.7 cm³/mol. The van der Waals surface area contributed by atoms with E-state index in [9.17, 15) is 14.3 Å². The number of hydrogen-bond donors (Lipinski definition) is 2. The Balaban J connectivity index is 1.80. The van der Waals surface area contributed by atoms with E-state index in [1.54, 1.807) is 18.2 Å². The van der Waals surface area contributed by atoms with Gasteiger partial charge in [0.2, 0.25) is 0 Å². The molecule has 0 spiro atoms. The van der Waals surface area contributed by atoms with Gasteiger partial charge in [0.1, 0.15) is 6.10 Å². The molecule has 0 saturated carbocycles. The Labute approximate surface area is 144 Å². The summed E-state index contributed by atoms with van der Waals surface area (Å²) in [5, 5.41) is 19.0. The number of phenolic OH excluding ortho intramolecular Hbond substituents is 1. The molecule has 0 aromatic heterocycles. The minimum absolute atomic E-state index is 0.0725. The minimum atomic E-state index is -0.684. The first-order valence-electron chi connectivity index (χ1n) is 7.90. The molecule has 1 fully saturated rings. The van der Waals surface area contributed by atoms with E-state index >= 15 is 0 Å². The molecule has 1 aliphatic rings. The molecule has 0 bridgehead atoms. The number of nitrogens with zero attached hydrogens (tertiary/aromatic N) is 1. The van der Waals surface area contributed by atoms with Crippen molar-refractivity contribution in [2.75, 3.05) is 18.1 Å². The van der Waals surface area contributed by atoms with Gasteiger partial charge in [-0.15, -0.1) is 0 Å². The van der Waals surface area contributed by atoms with Crippen LogP contribution < -0.4 is 9.64 Å². The van der Waals surface area contributed by atoms with Crippen LogP contribution in [0.1, 0.15) is 12.5 Å². The van der Waals surface area contributed by atoms with E-state index in [0.717, 1.165) is 18.1 Å². The van der Waals surface area contributed by atoms with Crippen LogP contribution in [0, 0.1) is 5.82 Å². The summed E-state index contributed by atoms with van der Waals surface area (Å²) >= 11 is 0. The maximum Gasteiger partial charge on any atom is 0.414 e. The molecule has 1 atom stereocenters. The summed E-state index contributed by atoms with van der Waals surface area (Å²) < 4.78 is 24.7. The average Bonchev–Trinajstić information content (AvgIpc) is 2.99. The molecular weight excluding hydrogens is 329 g/mol. The van der Waals surface area contributed by atoms with Gasteiger partial charge in [-0.2, -0.15) is 0 Å². The summed E-state index contributed by atoms with van der Waals surface area (Å²) in [4.78, 5) is 13.0. The lowest BCUT2D eigenvalue weighted by atomic mass is 10.1. The number of hydrogen-bond acceptors (Lipinski definition) is 5. The topological polar surface area (TPSA) is 79.2 Å². The fourth-order valence-electron chi connectivity index (χ4n) is 2.56. The zero-order valence-electron chi connectivity index (χ0n) is 13.6. The highest BCUT2D eigenvalue weighted by atomic mass is 19.1. The van der Waals surface area contributed by atoms with E-state index in [1.807, 2.05) is 6.92 Å². The van der Waals surface area contributed by atoms with E-state index in [-0.39, 0.29) is 30.4 Å². The third-order valence-corrected chi connectivity index (χ3v) is 3.96. The molecule has 2 N–H and O–H groups in total. The van der Waals surface area contributed by atoms with Crippen molar-refractivity contribution in [3.63, 3.8) is 0 Å². The van der Waals surface area contributed by atoms with E-state index < -0.39 is 18.0 Å². The van der Waals surface area contributed by atoms with Crippen LogP contribution in [0.3, 0.4) is 0 Å². The fourth-order valence-corrected chi connectivity index (χ4v) is 2.56. The van der Waals surface area contributed by atoms with Gasteiger partial charge in [0.25, 0.3) is 0 Å². The van der Waals surface area contributed by atoms with Gasteiger partial charge in [-0.25, -0.2) is 9.18 Å². The molecule has 7 heteroatoms. The molecule has 1 aliphatic heterocycles. The predicted octanol–water partition coefficient (Wildman–Crippen LogP) is 3.20. The van der Waals surface area contributed by atoms with Gasteiger partial charge in [-0.1, -0.05) is 13.0 Å². The minimum Gasteiger partial charge on any atom is -0.504 e. The zero-order chi connectivity index (χ0) is 18.0. The number of carbonyl (C=O) groups excluding carboxylic acids is 1. The Morgan fingerprint density at radius 1 is 1.28 bits per heavy atom. The molecule has 1 amide bonds. The van der Waals surface area contributed by atoms with E-state index in [4.69, 9.17) is 14.6 Å². The van der Waals surface area contributed by atoms with Crippen LogP contribution >= 0.6 is 0 Å². The Morgan fingerprint density at radius 3 is 2.64 bits per heavy atom. The molecule has 0 unspecified atom stereocenters. The summed E-state index contributed by atoms with van der Waals surface area (Å²) in [5.41, 5.74) is 1.24. The van der Waals surface area contributed by atoms with Crippen LogP contribution in [0.5, 0.6) is 17.2 Å². The maximum absolute atomic E-state index is 14.3. The van der Waals surface area contributed by atoms with Gasteiger partial charge in [0.05, 0.1) is 18.8 Å². The van der Waals surface area contributed by atoms with Crippen LogP contribution in [-0.4, -0.2) is 35.6 Å². The van der Waals surface area contributed by atoms with Crippen molar-refractivity contribution in [2.45, 2.75) is 19.4 Å². The number of ether oxygens (including phenoxy) is 2. The average molecular weight is 347 g/mol. The second kappa shape index (κ2) is 6.98. The van der Waals surface area contributed by atoms with Crippen LogP contribution in [0.15, 0.2) is 36.4 Å². The molecule has 3 rings (SSSR count). The molecule has 6 nitrogen and oxygen atoms in total. The zero-order valence-corrected chi connectivity index (χ0v) is 13.6. The van der Waals surface area contributed by atoms with Gasteiger partial charge in [0, 0.05) is 6.07 Å². The highest BCUT2D eigenvalue weighted by Crippen LogP contribution is 2.34. The first-order chi connectivity index (χ1) is 12.0. The number of carbonyl (C=O) groups is 1. The summed E-state index contributed by atoms with van der Waals surface area (Å²) in [7, 11) is 0. The lowest BCUT2D eigenvalue weighted by Crippen LogP contribution is -2.25. The van der Waals surface area contributed by atoms with E-state index in [2.05, 4.69) is 0 Å². The molecule has 0 aliphatic carbocycles. The smallest absolute Gasteiger partial charge is 0.414 e. The van der Waals surface area contributed by atoms with Gasteiger partial charge in [0.15, 0.2) is 23.1 Å². The van der Waals surface area contributed by atoms with Gasteiger partial charge >= 0.3 is 6.09 Å². The number of aliphatic hydroxyl groups excluding tert-OH is 1. The number of halogens is 1. The first-order valence-corrected chi connectivity index (χ1v) is 7.90. The van der Waals surface area contributed by atoms with Crippen LogP contribution in [0.2, 0.25) is 0 Å². The number of aryl methyl sites for hydroxylation is 1. The van der Waals surface area contributed by atoms with Crippen LogP contribution in [0.25, 0.3) is 0 Å². The second-order valence-electron chi connectivity index (χ2n) is 5.67. The van der Waals surface area contributed by atoms with Crippen molar-refractivity contribution in [2.24, 2.45) is 0 Å². The molecule has 1 heterocycles. The summed E-state index contributed by atoms with van der Waals surface area (Å²) in [6.45, 7) is 1.81. The summed E-state index contributed by atoms with van der Waals surface area (Å²) in [6.07, 6.45) is -0.502. The quantitative estimate of drug-likeness (QED) is 0.868. The van der Waals surface area contributed by atoms with Gasteiger partial charge < -0.3 is 19.7 Å². The summed E-state index contributed by atoms with van der Waals surface area (Å²) in [6, 6.07) is 8.96. The number of amides is 1. The Kier molecular flexibility index (Phi) is 4.76. The van der Waals surface area contributed by atoms with E-state index in [0.29, 0.717) is 5.69 Å². The molecule has 132 valence electrons. The van der Waals surface area contributed by atoms with Gasteiger partial charge in [-0.3, -0.25) is 4.90 Å². The highest BCUT2D eigenvalue weighted by molar-refractivity contribution is 5.89. The second-order valence-corrected chi connectivity index (χ2v) is 5.67. The lowest BCUT2D eigenvalue weighted by molar-refractivity contribution is 0.0963. The number of cyclic esters (lactones) is 1. The van der Waals surface area contributed by atoms with Crippen molar-refractivity contribution in [1.82, 2.24) is 0 Å². The third kappa shape index (κ3) is 3.51. The van der Waals surface area contributed by atoms with Crippen molar-refractivity contribution in [3.8, 4) is 17.2 Å². The highest BCUT2D eigenvalue weighted by Gasteiger charge is 2.32. The van der Waals surface area contributed by atoms with Crippen molar-refractivity contribution in [1.29, 1.82) is 0 Å². The Hall–Kier alpha value is -2.80. The van der Waals surface area contributed by atoms with Crippen molar-refractivity contribution < 1.29 is 28.9 Å². The maximum atomic E-state index is 14.3. The molecule has 2 aromatic rings. The molecule has 1 saturated heterocycles. The molecule has 0 radical (unpaired) electrons. The Bertz CT molecular complexity index is 795. The Morgan fingerprint density at radius 2 is 2.04 bits per heavy atom. The number of anilines is 1. The number of aromatic hydroxyl groups is 1. The number of aliphatic hydroxyl groups is 1. The van der Waals surface area contributed by atoms with Crippen LogP contribution in [0.4, 0.5) is 14.9 Å². The first kappa shape index (κ1) is 17.0. The molecular formula is C18H18FNO5. The number of benzene rings is 2. The SMILES string of the molecule is CCc1ccc(Oc2ccc(N3C[C@H](CO)OC3=O)cc2F)c(O)c1. The standard InChI is InChI=1S/C18H18FNO5/c1-2-11-3-5-17(15(22)7-11)25-16-6-4-12(8-14(16)19)20-9-13(10-21)24-18(20)23/h3-8,13,21-22H,2,9-10H2,1H3/t13-/m1/s1. The normalized spacial score (nSPS) is 16.8. The molecule has 2 aromatic carbocycles. The van der Waals surface area contributed by atoms with Crippen molar-refractivity contribution in [3.05, 3.63) is 47.8 Å². The van der Waals surface area contributed by atoms with E-state index in [1.165, 1.54) is 17.0 Å². The lowest BCUT2D eigenvalue weighted by Gasteiger charge is -2.15. The van der Waals surface area contributed by atoms with Crippen molar-refractivity contribution >= 4 is 11.8 Å². The van der Waals surface area contributed by atoms with Gasteiger partial charge in [-0.05, 0) is 36.2 Å². The third-order valence-electron chi connectivity index (χ3n) is 3.96. The monoisotopic (exact) mass is 347 g/mol. The fraction of sp³-hybridized carbons (Fsp3) is 0.278. The number of phenols is 1. The number of rotatable bonds is 5. The summed E-state index contributed by atoms with van der Waals surface area (Å²) in [5.74, 6) is -0.687. The van der Waals surface area contributed by atoms with Crippen LogP contribution in [-0.2, 0) is 11.2 Å². The molecule has 25 heavy (non-hydrogen) atoms. The largest absolute Gasteiger partial charge is 0.504 e.